The number of aromatic nitrogens is 1. The molecule has 1 fully saturated rings. The van der Waals surface area contributed by atoms with E-state index in [9.17, 15) is 13.2 Å². The number of hydrogen-bond donors (Lipinski definition) is 1. The summed E-state index contributed by atoms with van der Waals surface area (Å²) in [5.41, 5.74) is 3.67. The number of piperidine rings is 1. The largest absolute Gasteiger partial charge is 0.322 e. The molecule has 1 N–H and O–H groups in total. The lowest BCUT2D eigenvalue weighted by molar-refractivity contribution is 0.102. The lowest BCUT2D eigenvalue weighted by Gasteiger charge is -2.34. The zero-order chi connectivity index (χ0) is 20.4. The number of nitrogens with zero attached hydrogens (tertiary/aromatic N) is 2. The first-order valence-corrected chi connectivity index (χ1v) is 12.1. The average molecular weight is 430 g/mol. The van der Waals surface area contributed by atoms with Crippen LogP contribution in [0, 0.1) is 0 Å². The van der Waals surface area contributed by atoms with Gasteiger partial charge in [-0.1, -0.05) is 13.3 Å². The van der Waals surface area contributed by atoms with E-state index in [2.05, 4.69) is 10.3 Å². The van der Waals surface area contributed by atoms with Gasteiger partial charge in [0, 0.05) is 23.8 Å². The fraction of sp³-hybridized carbons (Fsp3) is 0.333. The quantitative estimate of drug-likeness (QED) is 0.648. The first-order valence-electron chi connectivity index (χ1n) is 9.75. The number of benzene rings is 2. The highest BCUT2D eigenvalue weighted by Gasteiger charge is 2.32. The molecule has 152 valence electrons. The SMILES string of the molecule is CC[C@@H]1CCCCN1S(=O)(=O)c1ccc(C(=O)Nc2ccc3scnc3c2)cc1. The van der Waals surface area contributed by atoms with E-state index in [-0.39, 0.29) is 16.8 Å². The Hall–Kier alpha value is -2.29. The standard InChI is InChI=1S/C21H23N3O3S2/c1-2-17-5-3-4-12-24(17)29(26,27)18-9-6-15(7-10-18)21(25)23-16-8-11-20-19(13-16)22-14-28-20/h6-11,13-14,17H,2-5,12H2,1H3,(H,23,25)/t17-/m1/s1. The van der Waals surface area contributed by atoms with E-state index in [1.807, 2.05) is 25.1 Å². The van der Waals surface area contributed by atoms with Crippen LogP contribution in [0.2, 0.25) is 0 Å². The Morgan fingerprint density at radius 3 is 2.76 bits per heavy atom. The molecular weight excluding hydrogens is 406 g/mol. The summed E-state index contributed by atoms with van der Waals surface area (Å²) in [4.78, 5) is 17.0. The Labute approximate surface area is 174 Å². The Kier molecular flexibility index (Phi) is 5.67. The van der Waals surface area contributed by atoms with Crippen molar-refractivity contribution in [1.82, 2.24) is 9.29 Å². The third kappa shape index (κ3) is 4.05. The van der Waals surface area contributed by atoms with Gasteiger partial charge >= 0.3 is 0 Å². The molecule has 0 unspecified atom stereocenters. The summed E-state index contributed by atoms with van der Waals surface area (Å²) >= 11 is 1.54. The molecule has 2 heterocycles. The van der Waals surface area contributed by atoms with E-state index in [0.717, 1.165) is 35.9 Å². The van der Waals surface area contributed by atoms with E-state index >= 15 is 0 Å². The van der Waals surface area contributed by atoms with Crippen LogP contribution in [0.15, 0.2) is 52.9 Å². The third-order valence-corrected chi connectivity index (χ3v) is 8.13. The number of sulfonamides is 1. The summed E-state index contributed by atoms with van der Waals surface area (Å²) < 4.78 is 28.8. The van der Waals surface area contributed by atoms with Crippen LogP contribution in [0.1, 0.15) is 43.0 Å². The number of thiazole rings is 1. The number of rotatable bonds is 5. The second-order valence-corrected chi connectivity index (χ2v) is 9.96. The molecule has 1 amide bonds. The lowest BCUT2D eigenvalue weighted by Crippen LogP contribution is -2.43. The fourth-order valence-corrected chi connectivity index (χ4v) is 6.18. The maximum Gasteiger partial charge on any atom is 0.255 e. The molecule has 6 nitrogen and oxygen atoms in total. The molecule has 8 heteroatoms. The van der Waals surface area contributed by atoms with Crippen molar-refractivity contribution in [3.05, 3.63) is 53.5 Å². The van der Waals surface area contributed by atoms with Crippen molar-refractivity contribution in [3.8, 4) is 0 Å². The van der Waals surface area contributed by atoms with Gasteiger partial charge in [0.1, 0.15) is 0 Å². The molecule has 1 atom stereocenters. The van der Waals surface area contributed by atoms with Crippen molar-refractivity contribution in [3.63, 3.8) is 0 Å². The zero-order valence-electron chi connectivity index (χ0n) is 16.2. The molecule has 1 aliphatic rings. The van der Waals surface area contributed by atoms with Gasteiger partial charge in [0.05, 0.1) is 20.6 Å². The Morgan fingerprint density at radius 2 is 2.00 bits per heavy atom. The van der Waals surface area contributed by atoms with Crippen LogP contribution in [0.5, 0.6) is 0 Å². The van der Waals surface area contributed by atoms with E-state index in [1.165, 1.54) is 12.1 Å². The average Bonchev–Trinajstić information content (AvgIpc) is 3.21. The predicted molar refractivity (Wildman–Crippen MR) is 116 cm³/mol. The van der Waals surface area contributed by atoms with Gasteiger partial charge < -0.3 is 5.32 Å². The molecule has 3 aromatic rings. The lowest BCUT2D eigenvalue weighted by atomic mass is 10.0. The van der Waals surface area contributed by atoms with Crippen LogP contribution in [0.4, 0.5) is 5.69 Å². The summed E-state index contributed by atoms with van der Waals surface area (Å²) in [6.07, 6.45) is 3.67. The van der Waals surface area contributed by atoms with Gasteiger partial charge in [-0.25, -0.2) is 13.4 Å². The van der Waals surface area contributed by atoms with E-state index < -0.39 is 10.0 Å². The van der Waals surface area contributed by atoms with Crippen LogP contribution < -0.4 is 5.32 Å². The van der Waals surface area contributed by atoms with Crippen LogP contribution >= 0.6 is 11.3 Å². The van der Waals surface area contributed by atoms with Gasteiger partial charge in [-0.3, -0.25) is 4.79 Å². The highest BCUT2D eigenvalue weighted by Crippen LogP contribution is 2.27. The number of anilines is 1. The first-order chi connectivity index (χ1) is 14.0. The number of carbonyl (C=O) groups is 1. The van der Waals surface area contributed by atoms with Gasteiger partial charge in [0.2, 0.25) is 10.0 Å². The summed E-state index contributed by atoms with van der Waals surface area (Å²) in [5.74, 6) is -0.284. The molecule has 0 saturated carbocycles. The summed E-state index contributed by atoms with van der Waals surface area (Å²) in [5, 5.41) is 2.84. The minimum absolute atomic E-state index is 0.0531. The monoisotopic (exact) mass is 429 g/mol. The predicted octanol–water partition coefficient (Wildman–Crippen LogP) is 4.50. The Bertz CT molecular complexity index is 1120. The molecule has 1 saturated heterocycles. The van der Waals surface area contributed by atoms with Crippen molar-refractivity contribution in [2.75, 3.05) is 11.9 Å². The van der Waals surface area contributed by atoms with E-state index in [0.29, 0.717) is 17.8 Å². The van der Waals surface area contributed by atoms with Gasteiger partial charge in [-0.2, -0.15) is 4.31 Å². The van der Waals surface area contributed by atoms with Crippen molar-refractivity contribution in [2.45, 2.75) is 43.5 Å². The molecule has 0 bridgehead atoms. The minimum Gasteiger partial charge on any atom is -0.322 e. The molecule has 0 aliphatic carbocycles. The molecule has 4 rings (SSSR count). The molecule has 0 spiro atoms. The molecule has 1 aliphatic heterocycles. The van der Waals surface area contributed by atoms with Gasteiger partial charge in [0.15, 0.2) is 0 Å². The first kappa shape index (κ1) is 20.0. The molecule has 2 aromatic carbocycles. The van der Waals surface area contributed by atoms with Crippen molar-refractivity contribution in [2.24, 2.45) is 0 Å². The molecule has 29 heavy (non-hydrogen) atoms. The normalized spacial score (nSPS) is 18.0. The number of nitrogens with one attached hydrogen (secondary N) is 1. The van der Waals surface area contributed by atoms with Crippen LogP contribution in [0.25, 0.3) is 10.2 Å². The second kappa shape index (κ2) is 8.22. The van der Waals surface area contributed by atoms with Crippen molar-refractivity contribution < 1.29 is 13.2 Å². The molecule has 0 radical (unpaired) electrons. The molecular formula is C21H23N3O3S2. The van der Waals surface area contributed by atoms with E-state index in [4.69, 9.17) is 0 Å². The zero-order valence-corrected chi connectivity index (χ0v) is 17.8. The maximum absolute atomic E-state index is 13.0. The van der Waals surface area contributed by atoms with Gasteiger partial charge in [-0.05, 0) is 61.7 Å². The number of carbonyl (C=O) groups excluding carboxylic acids is 1. The number of hydrogen-bond acceptors (Lipinski definition) is 5. The van der Waals surface area contributed by atoms with Gasteiger partial charge in [-0.15, -0.1) is 11.3 Å². The summed E-state index contributed by atoms with van der Waals surface area (Å²) in [7, 11) is -3.55. The smallest absolute Gasteiger partial charge is 0.255 e. The minimum atomic E-state index is -3.55. The van der Waals surface area contributed by atoms with Crippen LogP contribution in [0.3, 0.4) is 0 Å². The maximum atomic E-state index is 13.0. The highest BCUT2D eigenvalue weighted by atomic mass is 32.2. The Morgan fingerprint density at radius 1 is 1.21 bits per heavy atom. The van der Waals surface area contributed by atoms with Crippen LogP contribution in [-0.4, -0.2) is 36.2 Å². The van der Waals surface area contributed by atoms with Gasteiger partial charge in [0.25, 0.3) is 5.91 Å². The number of amides is 1. The Balaban J connectivity index is 1.51. The fourth-order valence-electron chi connectivity index (χ4n) is 3.75. The number of fused-ring (bicyclic) bond motifs is 1. The molecule has 1 aromatic heterocycles. The third-order valence-electron chi connectivity index (χ3n) is 5.36. The van der Waals surface area contributed by atoms with Crippen LogP contribution in [-0.2, 0) is 10.0 Å². The van der Waals surface area contributed by atoms with Crippen molar-refractivity contribution >= 4 is 43.2 Å². The highest BCUT2D eigenvalue weighted by molar-refractivity contribution is 7.89. The van der Waals surface area contributed by atoms with Crippen molar-refractivity contribution in [1.29, 1.82) is 0 Å². The summed E-state index contributed by atoms with van der Waals surface area (Å²) in [6, 6.07) is 11.8. The summed E-state index contributed by atoms with van der Waals surface area (Å²) in [6.45, 7) is 2.58. The topological polar surface area (TPSA) is 79.4 Å². The van der Waals surface area contributed by atoms with E-state index in [1.54, 1.807) is 33.3 Å². The second-order valence-electron chi connectivity index (χ2n) is 7.19.